The largest absolute Gasteiger partial charge is 0.290 e. The normalized spacial score (nSPS) is 30.3. The van der Waals surface area contributed by atoms with Crippen molar-refractivity contribution in [1.29, 1.82) is 0 Å². The molecule has 86 valence electrons. The Kier molecular flexibility index (Phi) is 2.91. The lowest BCUT2D eigenvalue weighted by Crippen LogP contribution is -2.22. The van der Waals surface area contributed by atoms with Gasteiger partial charge in [0.2, 0.25) is 0 Å². The second-order valence-corrected chi connectivity index (χ2v) is 5.49. The van der Waals surface area contributed by atoms with Crippen LogP contribution in [0.5, 0.6) is 0 Å². The average Bonchev–Trinajstić information content (AvgIpc) is 3.11. The molecule has 0 amide bonds. The Morgan fingerprint density at radius 3 is 2.38 bits per heavy atom. The third kappa shape index (κ3) is 2.11. The van der Waals surface area contributed by atoms with Crippen LogP contribution in [0.4, 0.5) is 0 Å². The van der Waals surface area contributed by atoms with Crippen molar-refractivity contribution in [3.63, 3.8) is 0 Å². The number of hydrogen-bond donors (Lipinski definition) is 0. The van der Waals surface area contributed by atoms with E-state index in [1.54, 1.807) is 0 Å². The van der Waals surface area contributed by atoms with E-state index in [9.17, 15) is 0 Å². The summed E-state index contributed by atoms with van der Waals surface area (Å²) in [5.41, 5.74) is 1.44. The lowest BCUT2D eigenvalue weighted by molar-refractivity contribution is 0.282. The monoisotopic (exact) mass is 235 g/mol. The summed E-state index contributed by atoms with van der Waals surface area (Å²) in [6.45, 7) is 1.26. The van der Waals surface area contributed by atoms with Gasteiger partial charge in [-0.1, -0.05) is 43.0 Å². The highest BCUT2D eigenvalue weighted by Gasteiger charge is 2.40. The zero-order valence-electron chi connectivity index (χ0n) is 9.53. The summed E-state index contributed by atoms with van der Waals surface area (Å²) < 4.78 is 0. The molecule has 1 heterocycles. The molecule has 2 fully saturated rings. The summed E-state index contributed by atoms with van der Waals surface area (Å²) in [5, 5.41) is 0.841. The highest BCUT2D eigenvalue weighted by Crippen LogP contribution is 2.41. The van der Waals surface area contributed by atoms with Crippen LogP contribution >= 0.6 is 11.6 Å². The number of hydrogen-bond acceptors (Lipinski definition) is 1. The maximum atomic E-state index is 5.91. The fourth-order valence-corrected chi connectivity index (χ4v) is 3.08. The van der Waals surface area contributed by atoms with E-state index in [2.05, 4.69) is 17.0 Å². The van der Waals surface area contributed by atoms with Crippen LogP contribution in [0.2, 0.25) is 5.02 Å². The third-order valence-electron chi connectivity index (χ3n) is 3.95. The van der Waals surface area contributed by atoms with Crippen molar-refractivity contribution < 1.29 is 0 Å². The van der Waals surface area contributed by atoms with Crippen molar-refractivity contribution in [2.75, 3.05) is 6.54 Å². The van der Waals surface area contributed by atoms with Crippen LogP contribution in [0.3, 0.4) is 0 Å². The molecule has 0 N–H and O–H groups in total. The summed E-state index contributed by atoms with van der Waals surface area (Å²) in [4.78, 5) is 2.66. The molecule has 1 aliphatic heterocycles. The Morgan fingerprint density at radius 2 is 1.69 bits per heavy atom. The molecule has 0 radical (unpaired) electrons. The molecule has 0 spiro atoms. The molecule has 16 heavy (non-hydrogen) atoms. The Labute approximate surface area is 102 Å². The molecular formula is C14H18ClN. The molecule has 1 nitrogen and oxygen atoms in total. The third-order valence-corrected chi connectivity index (χ3v) is 4.20. The fraction of sp³-hybridized carbons (Fsp3) is 0.571. The van der Waals surface area contributed by atoms with Crippen LogP contribution in [0.15, 0.2) is 24.3 Å². The van der Waals surface area contributed by atoms with Gasteiger partial charge in [-0.15, -0.1) is 0 Å². The molecule has 0 aromatic heterocycles. The zero-order valence-corrected chi connectivity index (χ0v) is 10.3. The number of rotatable bonds is 2. The van der Waals surface area contributed by atoms with E-state index in [0.717, 1.165) is 11.1 Å². The van der Waals surface area contributed by atoms with E-state index in [1.165, 1.54) is 44.2 Å². The Hall–Kier alpha value is -0.530. The lowest BCUT2D eigenvalue weighted by atomic mass is 9.95. The minimum Gasteiger partial charge on any atom is -0.290 e. The van der Waals surface area contributed by atoms with Gasteiger partial charge in [0.15, 0.2) is 0 Å². The first-order valence-electron chi connectivity index (χ1n) is 6.36. The first kappa shape index (κ1) is 10.6. The molecule has 2 unspecified atom stereocenters. The minimum absolute atomic E-state index is 0.681. The van der Waals surface area contributed by atoms with Gasteiger partial charge in [0, 0.05) is 23.7 Å². The summed E-state index contributed by atoms with van der Waals surface area (Å²) in [6.07, 6.45) is 7.10. The van der Waals surface area contributed by atoms with E-state index in [1.807, 2.05) is 12.1 Å². The van der Waals surface area contributed by atoms with Crippen molar-refractivity contribution in [2.45, 2.75) is 44.2 Å². The van der Waals surface area contributed by atoms with E-state index >= 15 is 0 Å². The molecule has 2 aliphatic rings. The topological polar surface area (TPSA) is 3.01 Å². The summed E-state index contributed by atoms with van der Waals surface area (Å²) in [6, 6.07) is 9.91. The van der Waals surface area contributed by atoms with Gasteiger partial charge in [-0.05, 0) is 30.5 Å². The highest BCUT2D eigenvalue weighted by atomic mass is 35.5. The molecule has 1 saturated heterocycles. The lowest BCUT2D eigenvalue weighted by Gasteiger charge is -2.23. The number of halogens is 1. The molecular weight excluding hydrogens is 218 g/mol. The van der Waals surface area contributed by atoms with Gasteiger partial charge in [-0.25, -0.2) is 0 Å². The number of nitrogens with zero attached hydrogens (tertiary/aromatic N) is 1. The Morgan fingerprint density at radius 1 is 1.00 bits per heavy atom. The van der Waals surface area contributed by atoms with Gasteiger partial charge in [0.05, 0.1) is 0 Å². The fourth-order valence-electron chi connectivity index (χ4n) is 2.95. The molecule has 1 aromatic carbocycles. The van der Waals surface area contributed by atoms with E-state index in [-0.39, 0.29) is 0 Å². The van der Waals surface area contributed by atoms with Crippen molar-refractivity contribution in [1.82, 2.24) is 4.90 Å². The molecule has 1 aliphatic carbocycles. The van der Waals surface area contributed by atoms with Crippen molar-refractivity contribution in [2.24, 2.45) is 0 Å². The van der Waals surface area contributed by atoms with Gasteiger partial charge in [0.1, 0.15) is 0 Å². The van der Waals surface area contributed by atoms with Crippen LogP contribution in [-0.4, -0.2) is 17.5 Å². The van der Waals surface area contributed by atoms with Crippen LogP contribution in [0, 0.1) is 0 Å². The second kappa shape index (κ2) is 4.38. The van der Waals surface area contributed by atoms with E-state index < -0.39 is 0 Å². The summed E-state index contributed by atoms with van der Waals surface area (Å²) in [5.74, 6) is 0. The smallest absolute Gasteiger partial charge is 0.0479 e. The molecule has 1 saturated carbocycles. The van der Waals surface area contributed by atoms with Gasteiger partial charge >= 0.3 is 0 Å². The molecule has 2 atom stereocenters. The quantitative estimate of drug-likeness (QED) is 0.700. The van der Waals surface area contributed by atoms with Gasteiger partial charge < -0.3 is 0 Å². The molecule has 2 heteroatoms. The summed E-state index contributed by atoms with van der Waals surface area (Å²) in [7, 11) is 0. The Balaban J connectivity index is 1.64. The van der Waals surface area contributed by atoms with E-state index in [4.69, 9.17) is 11.6 Å². The second-order valence-electron chi connectivity index (χ2n) is 5.06. The SMILES string of the molecule is Clc1ccc(C2CN2C2CCCCC2)cc1. The standard InChI is InChI=1S/C14H18ClN/c15-12-8-6-11(7-9-12)14-10-16(14)13-4-2-1-3-5-13/h6-9,13-14H,1-5,10H2. The van der Waals surface area contributed by atoms with E-state index in [0.29, 0.717) is 6.04 Å². The van der Waals surface area contributed by atoms with Crippen molar-refractivity contribution in [3.05, 3.63) is 34.9 Å². The maximum Gasteiger partial charge on any atom is 0.0479 e. The predicted octanol–water partition coefficient (Wildman–Crippen LogP) is 4.03. The van der Waals surface area contributed by atoms with Crippen LogP contribution in [0.25, 0.3) is 0 Å². The van der Waals surface area contributed by atoms with Gasteiger partial charge in [0.25, 0.3) is 0 Å². The maximum absolute atomic E-state index is 5.91. The highest BCUT2D eigenvalue weighted by molar-refractivity contribution is 6.30. The molecule has 3 rings (SSSR count). The minimum atomic E-state index is 0.681. The Bertz CT molecular complexity index is 354. The summed E-state index contributed by atoms with van der Waals surface area (Å²) >= 11 is 5.91. The predicted molar refractivity (Wildman–Crippen MR) is 67.8 cm³/mol. The molecule has 0 bridgehead atoms. The number of benzene rings is 1. The zero-order chi connectivity index (χ0) is 11.0. The van der Waals surface area contributed by atoms with Crippen LogP contribution < -0.4 is 0 Å². The molecule has 1 aromatic rings. The van der Waals surface area contributed by atoms with Crippen molar-refractivity contribution in [3.8, 4) is 0 Å². The van der Waals surface area contributed by atoms with Crippen LogP contribution in [-0.2, 0) is 0 Å². The first-order chi connectivity index (χ1) is 7.84. The van der Waals surface area contributed by atoms with Gasteiger partial charge in [-0.2, -0.15) is 0 Å². The van der Waals surface area contributed by atoms with Crippen LogP contribution in [0.1, 0.15) is 43.7 Å². The van der Waals surface area contributed by atoms with Gasteiger partial charge in [-0.3, -0.25) is 4.90 Å². The first-order valence-corrected chi connectivity index (χ1v) is 6.73. The average molecular weight is 236 g/mol. The van der Waals surface area contributed by atoms with Crippen molar-refractivity contribution >= 4 is 11.6 Å².